The van der Waals surface area contributed by atoms with Gasteiger partial charge in [-0.05, 0) is 12.6 Å². The molecule has 130 valence electrons. The average Bonchev–Trinajstić information content (AvgIpc) is 3.25. The highest BCUT2D eigenvalue weighted by molar-refractivity contribution is 6.33. The Morgan fingerprint density at radius 3 is 2.28 bits per heavy atom. The quantitative estimate of drug-likeness (QED) is 0.277. The van der Waals surface area contributed by atoms with Crippen LogP contribution in [-0.4, -0.2) is 36.2 Å². The number of nitro groups is 1. The molecule has 0 amide bonds. The zero-order valence-corrected chi connectivity index (χ0v) is 13.2. The van der Waals surface area contributed by atoms with E-state index in [-0.39, 0.29) is 23.6 Å². The Balaban J connectivity index is 0.000000511. The number of nitro benzene ring substituents is 1. The minimum Gasteiger partial charge on any atom is -0.292 e. The molecule has 5 nitrogen and oxygen atoms in total. The van der Waals surface area contributed by atoms with Crippen molar-refractivity contribution in [1.29, 1.82) is 0 Å². The van der Waals surface area contributed by atoms with E-state index < -0.39 is 12.5 Å². The number of carbonyl (C=O) groups is 1. The molecule has 2 aromatic carbocycles. The second kappa shape index (κ2) is 7.93. The molecule has 3 unspecified atom stereocenters. The van der Waals surface area contributed by atoms with E-state index in [0.717, 1.165) is 5.56 Å². The fraction of sp³-hybridized carbons (Fsp3) is 0.188. The standard InChI is InChI=1S/C16H14N2O3.BF3/c1-17-14(12-8-5-9-13(10-12)18(20)21)15(17)16(19)11-6-3-2-4-7-11;2-1(3)4/h2-10,14-15H,1H3;. The first kappa shape index (κ1) is 18.7. The predicted molar refractivity (Wildman–Crippen MR) is 87.2 cm³/mol. The maximum Gasteiger partial charge on any atom is 0.762 e. The van der Waals surface area contributed by atoms with Gasteiger partial charge in [0.25, 0.3) is 5.69 Å². The van der Waals surface area contributed by atoms with Gasteiger partial charge in [0.15, 0.2) is 5.78 Å². The minimum atomic E-state index is -3.67. The number of benzene rings is 2. The molecule has 0 N–H and O–H groups in total. The van der Waals surface area contributed by atoms with Crippen LogP contribution < -0.4 is 0 Å². The van der Waals surface area contributed by atoms with E-state index in [1.54, 1.807) is 24.3 Å². The summed E-state index contributed by atoms with van der Waals surface area (Å²) in [4.78, 5) is 24.8. The van der Waals surface area contributed by atoms with Crippen LogP contribution in [0.5, 0.6) is 0 Å². The van der Waals surface area contributed by atoms with E-state index in [1.807, 2.05) is 36.2 Å². The van der Waals surface area contributed by atoms with Gasteiger partial charge in [0, 0.05) is 17.7 Å². The van der Waals surface area contributed by atoms with Crippen LogP contribution in [0.4, 0.5) is 18.6 Å². The molecule has 0 aliphatic carbocycles. The van der Waals surface area contributed by atoms with Crippen LogP contribution in [0.2, 0.25) is 0 Å². The Kier molecular flexibility index (Phi) is 5.92. The lowest BCUT2D eigenvalue weighted by Gasteiger charge is -1.99. The van der Waals surface area contributed by atoms with Crippen LogP contribution >= 0.6 is 0 Å². The molecular formula is C16H14BF3N2O3. The molecule has 1 heterocycles. The predicted octanol–water partition coefficient (Wildman–Crippen LogP) is 3.71. The lowest BCUT2D eigenvalue weighted by Crippen LogP contribution is -2.11. The monoisotopic (exact) mass is 350 g/mol. The summed E-state index contributed by atoms with van der Waals surface area (Å²) < 4.78 is 29.0. The summed E-state index contributed by atoms with van der Waals surface area (Å²) in [5.74, 6) is 0.0506. The van der Waals surface area contributed by atoms with Gasteiger partial charge in [-0.15, -0.1) is 0 Å². The highest BCUT2D eigenvalue weighted by Crippen LogP contribution is 2.43. The summed E-state index contributed by atoms with van der Waals surface area (Å²) in [5, 5.41) is 10.8. The number of rotatable bonds is 4. The maximum absolute atomic E-state index is 12.4. The highest BCUT2D eigenvalue weighted by Gasteiger charge is 2.50. The van der Waals surface area contributed by atoms with Crippen molar-refractivity contribution in [2.45, 2.75) is 12.1 Å². The highest BCUT2D eigenvalue weighted by atomic mass is 19.4. The molecule has 3 rings (SSSR count). The van der Waals surface area contributed by atoms with Crippen molar-refractivity contribution < 1.29 is 22.7 Å². The van der Waals surface area contributed by atoms with Crippen LogP contribution in [0, 0.1) is 10.1 Å². The first-order valence-corrected chi connectivity index (χ1v) is 7.30. The zero-order chi connectivity index (χ0) is 18.6. The van der Waals surface area contributed by atoms with E-state index in [4.69, 9.17) is 0 Å². The van der Waals surface area contributed by atoms with Crippen LogP contribution in [0.25, 0.3) is 0 Å². The Morgan fingerprint density at radius 2 is 1.72 bits per heavy atom. The van der Waals surface area contributed by atoms with Gasteiger partial charge >= 0.3 is 7.54 Å². The van der Waals surface area contributed by atoms with E-state index in [1.165, 1.54) is 6.07 Å². The molecule has 0 saturated carbocycles. The van der Waals surface area contributed by atoms with Crippen molar-refractivity contribution in [3.63, 3.8) is 0 Å². The topological polar surface area (TPSA) is 63.2 Å². The SMILES string of the molecule is CN1C(C(=O)c2ccccc2)C1c1cccc([N+](=O)[O-])c1.FB(F)F. The molecule has 0 bridgehead atoms. The molecule has 1 aliphatic heterocycles. The summed E-state index contributed by atoms with van der Waals surface area (Å²) in [6.45, 7) is 0. The number of hydrogen-bond acceptors (Lipinski definition) is 4. The molecule has 0 aromatic heterocycles. The van der Waals surface area contributed by atoms with Crippen molar-refractivity contribution in [1.82, 2.24) is 4.90 Å². The van der Waals surface area contributed by atoms with Crippen LogP contribution in [0.1, 0.15) is 22.0 Å². The van der Waals surface area contributed by atoms with E-state index >= 15 is 0 Å². The Labute approximate surface area is 142 Å². The minimum absolute atomic E-state index is 0.0506. The summed E-state index contributed by atoms with van der Waals surface area (Å²) in [6.07, 6.45) is 0. The van der Waals surface area contributed by atoms with E-state index in [0.29, 0.717) is 5.56 Å². The average molecular weight is 350 g/mol. The lowest BCUT2D eigenvalue weighted by atomic mass is 10.0. The third kappa shape index (κ3) is 4.66. The molecule has 1 saturated heterocycles. The Morgan fingerprint density at radius 1 is 1.12 bits per heavy atom. The number of nitrogens with zero attached hydrogens (tertiary/aromatic N) is 2. The van der Waals surface area contributed by atoms with Gasteiger partial charge in [0.1, 0.15) is 0 Å². The molecule has 9 heteroatoms. The molecule has 1 aliphatic rings. The van der Waals surface area contributed by atoms with Crippen molar-refractivity contribution in [2.24, 2.45) is 0 Å². The molecule has 25 heavy (non-hydrogen) atoms. The number of hydrogen-bond donors (Lipinski definition) is 0. The van der Waals surface area contributed by atoms with Gasteiger partial charge < -0.3 is 0 Å². The Hall–Kier alpha value is -2.68. The third-order valence-corrected chi connectivity index (χ3v) is 3.84. The Bertz CT molecular complexity index is 759. The van der Waals surface area contributed by atoms with Crippen molar-refractivity contribution in [3.05, 3.63) is 75.8 Å². The lowest BCUT2D eigenvalue weighted by molar-refractivity contribution is -0.384. The van der Waals surface area contributed by atoms with Crippen molar-refractivity contribution in [3.8, 4) is 0 Å². The van der Waals surface area contributed by atoms with Crippen molar-refractivity contribution in [2.75, 3.05) is 7.05 Å². The van der Waals surface area contributed by atoms with Gasteiger partial charge in [-0.2, -0.15) is 0 Å². The second-order valence-corrected chi connectivity index (χ2v) is 5.38. The summed E-state index contributed by atoms with van der Waals surface area (Å²) in [6, 6.07) is 15.3. The third-order valence-electron chi connectivity index (χ3n) is 3.84. The smallest absolute Gasteiger partial charge is 0.292 e. The molecule has 0 radical (unpaired) electrons. The van der Waals surface area contributed by atoms with Crippen molar-refractivity contribution >= 4 is 19.0 Å². The second-order valence-electron chi connectivity index (χ2n) is 5.38. The van der Waals surface area contributed by atoms with E-state index in [2.05, 4.69) is 0 Å². The summed E-state index contributed by atoms with van der Waals surface area (Å²) in [7, 11) is -1.81. The number of Topliss-reactive ketones (excluding diaryl/α,β-unsaturated/α-hetero) is 1. The molecule has 2 aromatic rings. The van der Waals surface area contributed by atoms with Crippen LogP contribution in [0.15, 0.2) is 54.6 Å². The first-order valence-electron chi connectivity index (χ1n) is 7.30. The maximum atomic E-state index is 12.4. The fourth-order valence-corrected chi connectivity index (χ4v) is 2.68. The molecular weight excluding hydrogens is 336 g/mol. The largest absolute Gasteiger partial charge is 0.762 e. The summed E-state index contributed by atoms with van der Waals surface area (Å²) in [5.41, 5.74) is 1.53. The van der Waals surface area contributed by atoms with Gasteiger partial charge in [0.2, 0.25) is 0 Å². The normalized spacial score (nSPS) is 20.9. The van der Waals surface area contributed by atoms with Gasteiger partial charge in [-0.3, -0.25) is 32.8 Å². The number of halogens is 3. The van der Waals surface area contributed by atoms with Gasteiger partial charge in [-0.25, -0.2) is 0 Å². The van der Waals surface area contributed by atoms with Crippen LogP contribution in [-0.2, 0) is 0 Å². The first-order chi connectivity index (χ1) is 11.8. The van der Waals surface area contributed by atoms with Gasteiger partial charge in [0.05, 0.1) is 17.0 Å². The fourth-order valence-electron chi connectivity index (χ4n) is 2.68. The molecule has 0 spiro atoms. The number of carbonyl (C=O) groups excluding carboxylic acids is 1. The molecule has 1 fully saturated rings. The molecule has 3 atom stereocenters. The summed E-state index contributed by atoms with van der Waals surface area (Å²) >= 11 is 0. The van der Waals surface area contributed by atoms with E-state index in [9.17, 15) is 27.9 Å². The number of ketones is 1. The number of likely N-dealkylation sites (N-methyl/N-ethyl adjacent to an activating group) is 1. The van der Waals surface area contributed by atoms with Crippen LogP contribution in [0.3, 0.4) is 0 Å². The van der Waals surface area contributed by atoms with Gasteiger partial charge in [-0.1, -0.05) is 42.5 Å². The zero-order valence-electron chi connectivity index (χ0n) is 13.2. The number of non-ortho nitro benzene ring substituents is 1.